The molecule has 0 radical (unpaired) electrons. The Labute approximate surface area is 163 Å². The number of hydrogen-bond acceptors (Lipinski definition) is 4. The lowest BCUT2D eigenvalue weighted by molar-refractivity contribution is -0.0498. The minimum absolute atomic E-state index is 0.0646. The fourth-order valence-electron chi connectivity index (χ4n) is 2.61. The van der Waals surface area contributed by atoms with Gasteiger partial charge in [-0.05, 0) is 68.3 Å². The molecule has 152 valence electrons. The van der Waals surface area contributed by atoms with Crippen molar-refractivity contribution in [3.8, 4) is 5.75 Å². The number of nitrogens with one attached hydrogen (secondary N) is 2. The normalized spacial score (nSPS) is 11.5. The Morgan fingerprint density at radius 3 is 2.36 bits per heavy atom. The molecule has 2 aromatic carbocycles. The molecular weight excluding hydrogens is 390 g/mol. The van der Waals surface area contributed by atoms with E-state index in [9.17, 15) is 22.0 Å². The smallest absolute Gasteiger partial charge is 0.387 e. The van der Waals surface area contributed by atoms with Crippen LogP contribution in [0.1, 0.15) is 27.0 Å². The molecule has 0 aliphatic carbocycles. The first-order chi connectivity index (χ1) is 13.1. The second-order valence-corrected chi connectivity index (χ2v) is 8.01. The summed E-state index contributed by atoms with van der Waals surface area (Å²) in [5, 5.41) is 2.73. The first-order valence-electron chi connectivity index (χ1n) is 8.51. The molecule has 0 heterocycles. The number of ether oxygens (including phenoxy) is 1. The van der Waals surface area contributed by atoms with Crippen LogP contribution in [0.15, 0.2) is 41.3 Å². The zero-order chi connectivity index (χ0) is 20.9. The maximum absolute atomic E-state index is 12.4. The van der Waals surface area contributed by atoms with E-state index >= 15 is 0 Å². The molecule has 0 bridgehead atoms. The SMILES string of the molecule is CNS(=O)(=O)c1cc(C(=O)NCCc2ccc(OC(F)F)cc2)cc(C)c1C. The van der Waals surface area contributed by atoms with Gasteiger partial charge < -0.3 is 10.1 Å². The molecule has 0 aromatic heterocycles. The number of halogens is 2. The number of amides is 1. The Morgan fingerprint density at radius 2 is 1.79 bits per heavy atom. The summed E-state index contributed by atoms with van der Waals surface area (Å²) in [6.45, 7) is 0.848. The lowest BCUT2D eigenvalue weighted by Crippen LogP contribution is -2.27. The van der Waals surface area contributed by atoms with Gasteiger partial charge in [0.05, 0.1) is 4.90 Å². The summed E-state index contributed by atoms with van der Waals surface area (Å²) in [4.78, 5) is 12.5. The molecule has 0 spiro atoms. The molecule has 0 saturated carbocycles. The van der Waals surface area contributed by atoms with Crippen molar-refractivity contribution < 1.29 is 26.7 Å². The predicted octanol–water partition coefficient (Wildman–Crippen LogP) is 2.79. The van der Waals surface area contributed by atoms with Gasteiger partial charge in [-0.25, -0.2) is 13.1 Å². The minimum Gasteiger partial charge on any atom is -0.435 e. The van der Waals surface area contributed by atoms with Crippen molar-refractivity contribution >= 4 is 15.9 Å². The maximum Gasteiger partial charge on any atom is 0.387 e. The van der Waals surface area contributed by atoms with Gasteiger partial charge >= 0.3 is 6.61 Å². The number of carbonyl (C=O) groups excluding carboxylic acids is 1. The van der Waals surface area contributed by atoms with E-state index in [2.05, 4.69) is 14.8 Å². The van der Waals surface area contributed by atoms with Gasteiger partial charge in [0.25, 0.3) is 5.91 Å². The molecule has 0 aliphatic rings. The van der Waals surface area contributed by atoms with Crippen LogP contribution in [0.2, 0.25) is 0 Å². The standard InChI is InChI=1S/C19H22F2N2O4S/c1-12-10-15(11-17(13(12)2)28(25,26)22-3)18(24)23-9-8-14-4-6-16(7-5-14)27-19(20)21/h4-7,10-11,19,22H,8-9H2,1-3H3,(H,23,24). The Kier molecular flexibility index (Phi) is 7.09. The molecule has 2 rings (SSSR count). The number of carbonyl (C=O) groups is 1. The van der Waals surface area contributed by atoms with Crippen molar-refractivity contribution in [2.45, 2.75) is 31.8 Å². The van der Waals surface area contributed by atoms with Crippen LogP contribution in [0.4, 0.5) is 8.78 Å². The Hall–Kier alpha value is -2.52. The maximum atomic E-state index is 12.4. The second kappa shape index (κ2) is 9.11. The van der Waals surface area contributed by atoms with Gasteiger partial charge in [-0.1, -0.05) is 12.1 Å². The van der Waals surface area contributed by atoms with Crippen molar-refractivity contribution in [2.75, 3.05) is 13.6 Å². The van der Waals surface area contributed by atoms with E-state index in [1.165, 1.54) is 25.2 Å². The molecule has 0 aliphatic heterocycles. The monoisotopic (exact) mass is 412 g/mol. The Balaban J connectivity index is 2.03. The lowest BCUT2D eigenvalue weighted by Gasteiger charge is -2.12. The summed E-state index contributed by atoms with van der Waals surface area (Å²) in [6, 6.07) is 9.12. The Morgan fingerprint density at radius 1 is 1.14 bits per heavy atom. The van der Waals surface area contributed by atoms with Crippen molar-refractivity contribution in [1.82, 2.24) is 10.0 Å². The van der Waals surface area contributed by atoms with Crippen LogP contribution in [0.3, 0.4) is 0 Å². The zero-order valence-electron chi connectivity index (χ0n) is 15.8. The number of benzene rings is 2. The highest BCUT2D eigenvalue weighted by Crippen LogP contribution is 2.21. The first kappa shape index (κ1) is 21.8. The first-order valence-corrected chi connectivity index (χ1v) is 9.99. The van der Waals surface area contributed by atoms with Gasteiger partial charge in [0, 0.05) is 12.1 Å². The molecule has 2 aromatic rings. The summed E-state index contributed by atoms with van der Waals surface area (Å²) >= 11 is 0. The van der Waals surface area contributed by atoms with Crippen molar-refractivity contribution in [1.29, 1.82) is 0 Å². The number of alkyl halides is 2. The minimum atomic E-state index is -3.68. The van der Waals surface area contributed by atoms with Crippen LogP contribution in [0.5, 0.6) is 5.75 Å². The fraction of sp³-hybridized carbons (Fsp3) is 0.316. The molecule has 9 heteroatoms. The number of aryl methyl sites for hydroxylation is 1. The van der Waals surface area contributed by atoms with Crippen LogP contribution < -0.4 is 14.8 Å². The highest BCUT2D eigenvalue weighted by molar-refractivity contribution is 7.89. The molecular formula is C19H22F2N2O4S. The van der Waals surface area contributed by atoms with E-state index in [4.69, 9.17) is 0 Å². The average molecular weight is 412 g/mol. The number of sulfonamides is 1. The molecule has 6 nitrogen and oxygen atoms in total. The van der Waals surface area contributed by atoms with Crippen LogP contribution in [-0.4, -0.2) is 34.5 Å². The quantitative estimate of drug-likeness (QED) is 0.698. The van der Waals surface area contributed by atoms with Gasteiger partial charge in [0.1, 0.15) is 5.75 Å². The van der Waals surface area contributed by atoms with Crippen molar-refractivity contribution in [2.24, 2.45) is 0 Å². The summed E-state index contributed by atoms with van der Waals surface area (Å²) in [5.41, 5.74) is 2.35. The van der Waals surface area contributed by atoms with Gasteiger partial charge in [0.2, 0.25) is 10.0 Å². The average Bonchev–Trinajstić information content (AvgIpc) is 2.64. The molecule has 28 heavy (non-hydrogen) atoms. The number of rotatable bonds is 8. The fourth-order valence-corrected chi connectivity index (χ4v) is 3.67. The summed E-state index contributed by atoms with van der Waals surface area (Å²) in [6.07, 6.45) is 0.479. The lowest BCUT2D eigenvalue weighted by atomic mass is 10.1. The molecule has 1 amide bonds. The van der Waals surface area contributed by atoms with Gasteiger partial charge in [-0.3, -0.25) is 4.79 Å². The Bertz CT molecular complexity index is 945. The third-order valence-corrected chi connectivity index (χ3v) is 5.83. The van der Waals surface area contributed by atoms with Crippen LogP contribution in [0.25, 0.3) is 0 Å². The van der Waals surface area contributed by atoms with E-state index in [0.717, 1.165) is 5.56 Å². The topological polar surface area (TPSA) is 84.5 Å². The third kappa shape index (κ3) is 5.49. The van der Waals surface area contributed by atoms with Crippen LogP contribution in [-0.2, 0) is 16.4 Å². The van der Waals surface area contributed by atoms with E-state index in [0.29, 0.717) is 24.1 Å². The molecule has 2 N–H and O–H groups in total. The summed E-state index contributed by atoms with van der Waals surface area (Å²) in [7, 11) is -2.36. The highest BCUT2D eigenvalue weighted by atomic mass is 32.2. The van der Waals surface area contributed by atoms with E-state index < -0.39 is 22.5 Å². The van der Waals surface area contributed by atoms with Crippen LogP contribution in [0, 0.1) is 13.8 Å². The van der Waals surface area contributed by atoms with Crippen molar-refractivity contribution in [3.63, 3.8) is 0 Å². The van der Waals surface area contributed by atoms with Crippen LogP contribution >= 0.6 is 0 Å². The van der Waals surface area contributed by atoms with E-state index in [1.807, 2.05) is 0 Å². The molecule has 0 unspecified atom stereocenters. The predicted molar refractivity (Wildman–Crippen MR) is 101 cm³/mol. The van der Waals surface area contributed by atoms with Crippen molar-refractivity contribution in [3.05, 3.63) is 58.7 Å². The third-order valence-electron chi connectivity index (χ3n) is 4.29. The van der Waals surface area contributed by atoms with Gasteiger partial charge in [-0.2, -0.15) is 8.78 Å². The second-order valence-electron chi connectivity index (χ2n) is 6.15. The zero-order valence-corrected chi connectivity index (χ0v) is 16.6. The number of hydrogen-bond donors (Lipinski definition) is 2. The van der Waals surface area contributed by atoms with Gasteiger partial charge in [-0.15, -0.1) is 0 Å². The van der Waals surface area contributed by atoms with Gasteiger partial charge in [0.15, 0.2) is 0 Å². The highest BCUT2D eigenvalue weighted by Gasteiger charge is 2.19. The van der Waals surface area contributed by atoms with E-state index in [1.54, 1.807) is 32.0 Å². The largest absolute Gasteiger partial charge is 0.435 e. The summed E-state index contributed by atoms with van der Waals surface area (Å²) in [5.74, 6) is -0.329. The molecule has 0 atom stereocenters. The molecule has 0 fully saturated rings. The summed E-state index contributed by atoms with van der Waals surface area (Å²) < 4.78 is 55.1. The van der Waals surface area contributed by atoms with E-state index in [-0.39, 0.29) is 16.2 Å². The molecule has 0 saturated heterocycles.